The van der Waals surface area contributed by atoms with Crippen molar-refractivity contribution in [2.45, 2.75) is 18.9 Å². The molecule has 1 atom stereocenters. The molecule has 0 spiro atoms. The fraction of sp³-hybridized carbons (Fsp3) is 0.400. The number of hydrogen-bond acceptors (Lipinski definition) is 3. The fourth-order valence-corrected chi connectivity index (χ4v) is 3.22. The number of ketones is 1. The predicted octanol–water partition coefficient (Wildman–Crippen LogP) is 1.61. The number of piperidine rings is 1. The Morgan fingerprint density at radius 1 is 1.43 bits per heavy atom. The zero-order valence-electron chi connectivity index (χ0n) is 7.53. The standard InChI is InChI=1S/C10H9NO2S/c12-6-1-3-11-8(5-6)9-7(10(11)13)2-4-14-9/h2,4,8H,1,3,5H2. The van der Waals surface area contributed by atoms with Gasteiger partial charge in [0.25, 0.3) is 5.91 Å². The molecule has 0 bridgehead atoms. The van der Waals surface area contributed by atoms with Gasteiger partial charge in [0.05, 0.1) is 11.6 Å². The first-order valence-corrected chi connectivity index (χ1v) is 5.55. The first-order chi connectivity index (χ1) is 6.77. The highest BCUT2D eigenvalue weighted by Gasteiger charge is 2.41. The van der Waals surface area contributed by atoms with Gasteiger partial charge in [-0.1, -0.05) is 0 Å². The second-order valence-electron chi connectivity index (χ2n) is 3.71. The van der Waals surface area contributed by atoms with E-state index in [1.165, 1.54) is 0 Å². The molecule has 3 heterocycles. The van der Waals surface area contributed by atoms with Crippen molar-refractivity contribution in [3.8, 4) is 0 Å². The van der Waals surface area contributed by atoms with Crippen LogP contribution < -0.4 is 0 Å². The van der Waals surface area contributed by atoms with Gasteiger partial charge in [-0.15, -0.1) is 11.3 Å². The lowest BCUT2D eigenvalue weighted by Gasteiger charge is -2.28. The van der Waals surface area contributed by atoms with Crippen molar-refractivity contribution in [1.29, 1.82) is 0 Å². The summed E-state index contributed by atoms with van der Waals surface area (Å²) in [6.07, 6.45) is 1.04. The van der Waals surface area contributed by atoms with Crippen LogP contribution in [0.2, 0.25) is 0 Å². The zero-order chi connectivity index (χ0) is 9.71. The van der Waals surface area contributed by atoms with E-state index < -0.39 is 0 Å². The molecule has 1 unspecified atom stereocenters. The normalized spacial score (nSPS) is 25.1. The van der Waals surface area contributed by atoms with E-state index in [0.29, 0.717) is 19.4 Å². The van der Waals surface area contributed by atoms with Gasteiger partial charge in [-0.3, -0.25) is 9.59 Å². The van der Waals surface area contributed by atoms with Crippen LogP contribution in [0.5, 0.6) is 0 Å². The molecule has 72 valence electrons. The van der Waals surface area contributed by atoms with Crippen LogP contribution >= 0.6 is 11.3 Å². The molecule has 3 rings (SSSR count). The molecule has 0 saturated carbocycles. The van der Waals surface area contributed by atoms with Gasteiger partial charge in [0.2, 0.25) is 0 Å². The van der Waals surface area contributed by atoms with Gasteiger partial charge in [-0.25, -0.2) is 0 Å². The number of hydrogen-bond donors (Lipinski definition) is 0. The van der Waals surface area contributed by atoms with Crippen LogP contribution in [0.3, 0.4) is 0 Å². The SMILES string of the molecule is O=C1CCN2C(=O)c3ccsc3C2C1. The average molecular weight is 207 g/mol. The van der Waals surface area contributed by atoms with E-state index in [1.54, 1.807) is 11.3 Å². The first kappa shape index (κ1) is 8.17. The van der Waals surface area contributed by atoms with Gasteiger partial charge in [0.1, 0.15) is 5.78 Å². The van der Waals surface area contributed by atoms with E-state index in [4.69, 9.17) is 0 Å². The molecule has 0 aliphatic carbocycles. The van der Waals surface area contributed by atoms with Crippen LogP contribution in [0.1, 0.15) is 34.1 Å². The van der Waals surface area contributed by atoms with Crippen molar-refractivity contribution in [2.75, 3.05) is 6.54 Å². The Hall–Kier alpha value is -1.16. The summed E-state index contributed by atoms with van der Waals surface area (Å²) in [6.45, 7) is 0.601. The maximum absolute atomic E-state index is 11.8. The summed E-state index contributed by atoms with van der Waals surface area (Å²) in [5.74, 6) is 0.388. The first-order valence-electron chi connectivity index (χ1n) is 4.67. The Morgan fingerprint density at radius 2 is 2.29 bits per heavy atom. The minimum absolute atomic E-state index is 0.0544. The molecular formula is C10H9NO2S. The number of thiophene rings is 1. The molecule has 14 heavy (non-hydrogen) atoms. The number of carbonyl (C=O) groups is 2. The summed E-state index contributed by atoms with van der Waals surface area (Å²) in [7, 11) is 0. The second-order valence-corrected chi connectivity index (χ2v) is 4.65. The lowest BCUT2D eigenvalue weighted by atomic mass is 10.0. The Bertz CT molecular complexity index is 424. The Labute approximate surface area is 85.3 Å². The van der Waals surface area contributed by atoms with Gasteiger partial charge in [-0.05, 0) is 11.4 Å². The van der Waals surface area contributed by atoms with Crippen LogP contribution in [-0.4, -0.2) is 23.1 Å². The second kappa shape index (κ2) is 2.67. The van der Waals surface area contributed by atoms with Crippen LogP contribution in [0.4, 0.5) is 0 Å². The van der Waals surface area contributed by atoms with Crippen molar-refractivity contribution in [3.63, 3.8) is 0 Å². The van der Waals surface area contributed by atoms with E-state index in [1.807, 2.05) is 16.3 Å². The molecule has 1 saturated heterocycles. The van der Waals surface area contributed by atoms with Crippen molar-refractivity contribution in [1.82, 2.24) is 4.90 Å². The summed E-state index contributed by atoms with van der Waals surface area (Å²) in [6, 6.07) is 1.92. The highest BCUT2D eigenvalue weighted by molar-refractivity contribution is 7.10. The van der Waals surface area contributed by atoms with E-state index in [0.717, 1.165) is 10.4 Å². The summed E-state index contributed by atoms with van der Waals surface area (Å²) in [5, 5.41) is 1.93. The van der Waals surface area contributed by atoms with Crippen LogP contribution in [0.15, 0.2) is 11.4 Å². The molecule has 3 nitrogen and oxygen atoms in total. The minimum atomic E-state index is 0.0544. The highest BCUT2D eigenvalue weighted by atomic mass is 32.1. The fourth-order valence-electron chi connectivity index (χ4n) is 2.22. The number of rotatable bonds is 0. The molecule has 0 aromatic carbocycles. The van der Waals surface area contributed by atoms with E-state index >= 15 is 0 Å². The van der Waals surface area contributed by atoms with Crippen LogP contribution in [0.25, 0.3) is 0 Å². The minimum Gasteiger partial charge on any atom is -0.330 e. The number of fused-ring (bicyclic) bond motifs is 3. The average Bonchev–Trinajstić information content (AvgIpc) is 2.71. The van der Waals surface area contributed by atoms with Gasteiger partial charge in [0, 0.05) is 24.3 Å². The van der Waals surface area contributed by atoms with E-state index in [9.17, 15) is 9.59 Å². The van der Waals surface area contributed by atoms with Gasteiger partial charge >= 0.3 is 0 Å². The Balaban J connectivity index is 2.07. The zero-order valence-corrected chi connectivity index (χ0v) is 8.34. The topological polar surface area (TPSA) is 37.4 Å². The number of nitrogens with zero attached hydrogens (tertiary/aromatic N) is 1. The summed E-state index contributed by atoms with van der Waals surface area (Å²) in [5.41, 5.74) is 0.815. The van der Waals surface area contributed by atoms with E-state index in [-0.39, 0.29) is 17.7 Å². The molecule has 0 radical (unpaired) electrons. The third-order valence-corrected chi connectivity index (χ3v) is 3.94. The molecular weight excluding hydrogens is 198 g/mol. The van der Waals surface area contributed by atoms with Crippen molar-refractivity contribution in [3.05, 3.63) is 21.9 Å². The number of carbonyl (C=O) groups excluding carboxylic acids is 2. The van der Waals surface area contributed by atoms with Gasteiger partial charge in [-0.2, -0.15) is 0 Å². The van der Waals surface area contributed by atoms with Crippen molar-refractivity contribution >= 4 is 23.0 Å². The maximum Gasteiger partial charge on any atom is 0.255 e. The lowest BCUT2D eigenvalue weighted by molar-refractivity contribution is -0.122. The monoisotopic (exact) mass is 207 g/mol. The number of Topliss-reactive ketones (excluding diaryl/α,β-unsaturated/α-hetero) is 1. The molecule has 0 N–H and O–H groups in total. The molecule has 1 aromatic rings. The summed E-state index contributed by atoms with van der Waals surface area (Å²) < 4.78 is 0. The number of amides is 1. The van der Waals surface area contributed by atoms with E-state index in [2.05, 4.69) is 0 Å². The molecule has 2 aliphatic heterocycles. The Kier molecular flexibility index (Phi) is 1.56. The van der Waals surface area contributed by atoms with Crippen molar-refractivity contribution < 1.29 is 9.59 Å². The molecule has 1 fully saturated rings. The predicted molar refractivity (Wildman–Crippen MR) is 52.3 cm³/mol. The smallest absolute Gasteiger partial charge is 0.255 e. The quantitative estimate of drug-likeness (QED) is 0.648. The summed E-state index contributed by atoms with van der Waals surface area (Å²) in [4.78, 5) is 26.1. The molecule has 1 aromatic heterocycles. The van der Waals surface area contributed by atoms with Gasteiger partial charge in [0.15, 0.2) is 0 Å². The Morgan fingerprint density at radius 3 is 3.14 bits per heavy atom. The lowest BCUT2D eigenvalue weighted by Crippen LogP contribution is -2.35. The third kappa shape index (κ3) is 0.917. The maximum atomic E-state index is 11.8. The largest absolute Gasteiger partial charge is 0.330 e. The van der Waals surface area contributed by atoms with Crippen molar-refractivity contribution in [2.24, 2.45) is 0 Å². The van der Waals surface area contributed by atoms with Gasteiger partial charge < -0.3 is 4.90 Å². The molecule has 2 aliphatic rings. The summed E-state index contributed by atoms with van der Waals surface area (Å²) >= 11 is 1.59. The third-order valence-electron chi connectivity index (χ3n) is 2.92. The van der Waals surface area contributed by atoms with Crippen LogP contribution in [-0.2, 0) is 4.79 Å². The molecule has 1 amide bonds. The van der Waals surface area contributed by atoms with Crippen LogP contribution in [0, 0.1) is 0 Å². The highest BCUT2D eigenvalue weighted by Crippen LogP contribution is 2.41. The molecule has 4 heteroatoms.